The highest BCUT2D eigenvalue weighted by molar-refractivity contribution is 7.85. The Labute approximate surface area is 159 Å². The van der Waals surface area contributed by atoms with Crippen molar-refractivity contribution in [1.29, 1.82) is 0 Å². The van der Waals surface area contributed by atoms with Crippen LogP contribution in [0.4, 0.5) is 10.1 Å². The van der Waals surface area contributed by atoms with Crippen molar-refractivity contribution in [3.8, 4) is 17.2 Å². The third-order valence-electron chi connectivity index (χ3n) is 3.73. The number of benzene rings is 2. The lowest BCUT2D eigenvalue weighted by molar-refractivity contribution is -0.113. The monoisotopic (exact) mass is 393 g/mol. The third kappa shape index (κ3) is 5.68. The van der Waals surface area contributed by atoms with Gasteiger partial charge in [0, 0.05) is 29.0 Å². The van der Waals surface area contributed by atoms with Crippen molar-refractivity contribution in [2.24, 2.45) is 0 Å². The topological polar surface area (TPSA) is 73.9 Å². The van der Waals surface area contributed by atoms with E-state index in [0.717, 1.165) is 6.42 Å². The second-order valence-corrected chi connectivity index (χ2v) is 7.40. The first-order chi connectivity index (χ1) is 13.1. The lowest BCUT2D eigenvalue weighted by Gasteiger charge is -2.10. The van der Waals surface area contributed by atoms with Crippen LogP contribution in [0.15, 0.2) is 42.5 Å². The molecule has 1 atom stereocenters. The molecule has 1 aliphatic rings. The molecule has 2 aromatic rings. The van der Waals surface area contributed by atoms with E-state index in [-0.39, 0.29) is 29.8 Å². The number of hydrogen-bond acceptors (Lipinski definition) is 5. The third-order valence-corrected chi connectivity index (χ3v) is 4.93. The number of anilines is 1. The molecule has 144 valence electrons. The van der Waals surface area contributed by atoms with Gasteiger partial charge in [0.05, 0.1) is 25.6 Å². The summed E-state index contributed by atoms with van der Waals surface area (Å²) in [5.41, 5.74) is 0.545. The smallest absolute Gasteiger partial charge is 0.236 e. The molecule has 1 amide bonds. The Bertz CT molecular complexity index is 829. The number of ether oxygens (including phenoxy) is 3. The van der Waals surface area contributed by atoms with E-state index in [1.165, 1.54) is 12.1 Å². The fraction of sp³-hybridized carbons (Fsp3) is 0.316. The molecule has 0 aliphatic carbocycles. The van der Waals surface area contributed by atoms with Gasteiger partial charge in [0.25, 0.3) is 0 Å². The normalized spacial score (nSPS) is 14.1. The average Bonchev–Trinajstić information content (AvgIpc) is 2.88. The maximum absolute atomic E-state index is 13.4. The molecular weight excluding hydrogens is 373 g/mol. The van der Waals surface area contributed by atoms with Crippen LogP contribution in [0, 0.1) is 5.82 Å². The van der Waals surface area contributed by atoms with Gasteiger partial charge in [-0.3, -0.25) is 9.00 Å². The summed E-state index contributed by atoms with van der Waals surface area (Å²) < 4.78 is 41.8. The van der Waals surface area contributed by atoms with E-state index < -0.39 is 16.6 Å². The molecule has 0 saturated heterocycles. The van der Waals surface area contributed by atoms with Gasteiger partial charge in [-0.05, 0) is 24.3 Å². The van der Waals surface area contributed by atoms with Crippen LogP contribution < -0.4 is 19.5 Å². The fourth-order valence-corrected chi connectivity index (χ4v) is 3.24. The van der Waals surface area contributed by atoms with Gasteiger partial charge < -0.3 is 19.5 Å². The highest BCUT2D eigenvalue weighted by Crippen LogP contribution is 2.32. The predicted molar refractivity (Wildman–Crippen MR) is 100 cm³/mol. The van der Waals surface area contributed by atoms with E-state index in [4.69, 9.17) is 14.2 Å². The van der Waals surface area contributed by atoms with Gasteiger partial charge in [-0.15, -0.1) is 0 Å². The summed E-state index contributed by atoms with van der Waals surface area (Å²) in [6.07, 6.45) is 0.796. The number of carbonyl (C=O) groups is 1. The molecule has 1 aliphatic heterocycles. The minimum absolute atomic E-state index is 0.0604. The van der Waals surface area contributed by atoms with Crippen LogP contribution in [0.5, 0.6) is 17.2 Å². The Balaban J connectivity index is 1.45. The van der Waals surface area contributed by atoms with Crippen LogP contribution in [0.25, 0.3) is 0 Å². The Morgan fingerprint density at radius 3 is 2.74 bits per heavy atom. The molecule has 27 heavy (non-hydrogen) atoms. The van der Waals surface area contributed by atoms with Crippen molar-refractivity contribution >= 4 is 22.4 Å². The van der Waals surface area contributed by atoms with Crippen molar-refractivity contribution in [2.75, 3.05) is 36.6 Å². The van der Waals surface area contributed by atoms with Gasteiger partial charge in [0.1, 0.15) is 5.75 Å². The Morgan fingerprint density at radius 1 is 1.15 bits per heavy atom. The molecule has 1 unspecified atom stereocenters. The molecule has 0 fully saturated rings. The predicted octanol–water partition coefficient (Wildman–Crippen LogP) is 2.75. The molecule has 3 rings (SSSR count). The van der Waals surface area contributed by atoms with Gasteiger partial charge in [-0.2, -0.15) is 0 Å². The molecule has 0 aromatic heterocycles. The van der Waals surface area contributed by atoms with Crippen LogP contribution in [0.3, 0.4) is 0 Å². The summed E-state index contributed by atoms with van der Waals surface area (Å²) in [4.78, 5) is 12.1. The number of rotatable bonds is 7. The maximum Gasteiger partial charge on any atom is 0.236 e. The SMILES string of the molecule is O=C(CS(=O)CCOc1ccccc1F)Nc1ccc2c(c1)OCCCO2. The fourth-order valence-electron chi connectivity index (χ4n) is 2.46. The van der Waals surface area contributed by atoms with E-state index in [9.17, 15) is 13.4 Å². The van der Waals surface area contributed by atoms with E-state index in [0.29, 0.717) is 30.4 Å². The van der Waals surface area contributed by atoms with Crippen LogP contribution in [0.1, 0.15) is 6.42 Å². The standard InChI is InChI=1S/C19H20FNO5S/c20-15-4-1-2-5-16(15)26-10-11-27(23)13-19(22)21-14-6-7-17-18(12-14)25-9-3-8-24-17/h1-2,4-7,12H,3,8-11,13H2,(H,21,22). The number of fused-ring (bicyclic) bond motifs is 1. The number of hydrogen-bond donors (Lipinski definition) is 1. The number of nitrogens with one attached hydrogen (secondary N) is 1. The molecule has 6 nitrogen and oxygen atoms in total. The lowest BCUT2D eigenvalue weighted by atomic mass is 10.2. The van der Waals surface area contributed by atoms with Gasteiger partial charge in [0.2, 0.25) is 5.91 Å². The molecule has 0 spiro atoms. The molecular formula is C19H20FNO5S. The molecule has 1 N–H and O–H groups in total. The summed E-state index contributed by atoms with van der Waals surface area (Å²) in [7, 11) is -1.42. The largest absolute Gasteiger partial charge is 0.490 e. The minimum atomic E-state index is -1.42. The zero-order valence-electron chi connectivity index (χ0n) is 14.6. The number of amides is 1. The number of para-hydroxylation sites is 1. The van der Waals surface area contributed by atoms with Crippen molar-refractivity contribution in [3.63, 3.8) is 0 Å². The molecule has 0 radical (unpaired) electrons. The molecule has 8 heteroatoms. The lowest BCUT2D eigenvalue weighted by Crippen LogP contribution is -2.22. The zero-order chi connectivity index (χ0) is 19.1. The summed E-state index contributed by atoms with van der Waals surface area (Å²) in [6, 6.07) is 11.1. The average molecular weight is 393 g/mol. The van der Waals surface area contributed by atoms with E-state index in [1.807, 2.05) is 0 Å². The van der Waals surface area contributed by atoms with E-state index in [1.54, 1.807) is 30.3 Å². The van der Waals surface area contributed by atoms with Crippen LogP contribution in [0.2, 0.25) is 0 Å². The van der Waals surface area contributed by atoms with Crippen LogP contribution in [-0.2, 0) is 15.6 Å². The first-order valence-electron chi connectivity index (χ1n) is 8.53. The summed E-state index contributed by atoms with van der Waals surface area (Å²) in [6.45, 7) is 1.20. The molecule has 2 aromatic carbocycles. The quantitative estimate of drug-likeness (QED) is 0.783. The van der Waals surface area contributed by atoms with Gasteiger partial charge in [0.15, 0.2) is 23.1 Å². The Hall–Kier alpha value is -2.61. The number of carbonyl (C=O) groups excluding carboxylic acids is 1. The van der Waals surface area contributed by atoms with Gasteiger partial charge >= 0.3 is 0 Å². The van der Waals surface area contributed by atoms with E-state index >= 15 is 0 Å². The van der Waals surface area contributed by atoms with Crippen LogP contribution in [-0.4, -0.2) is 41.4 Å². The van der Waals surface area contributed by atoms with E-state index in [2.05, 4.69) is 5.32 Å². The summed E-state index contributed by atoms with van der Waals surface area (Å²) in [5, 5.41) is 2.69. The number of halogens is 1. The summed E-state index contributed by atoms with van der Waals surface area (Å²) in [5.74, 6) is 0.414. The summed E-state index contributed by atoms with van der Waals surface area (Å²) >= 11 is 0. The second-order valence-electron chi connectivity index (χ2n) is 5.83. The molecule has 1 heterocycles. The van der Waals surface area contributed by atoms with Gasteiger partial charge in [-0.1, -0.05) is 12.1 Å². The van der Waals surface area contributed by atoms with Crippen molar-refractivity contribution in [2.45, 2.75) is 6.42 Å². The zero-order valence-corrected chi connectivity index (χ0v) is 15.4. The Kier molecular flexibility index (Phi) is 6.64. The highest BCUT2D eigenvalue weighted by atomic mass is 32.2. The first-order valence-corrected chi connectivity index (χ1v) is 10.0. The maximum atomic E-state index is 13.4. The second kappa shape index (κ2) is 9.36. The van der Waals surface area contributed by atoms with Crippen LogP contribution >= 0.6 is 0 Å². The minimum Gasteiger partial charge on any atom is -0.490 e. The van der Waals surface area contributed by atoms with Gasteiger partial charge in [-0.25, -0.2) is 4.39 Å². The highest BCUT2D eigenvalue weighted by Gasteiger charge is 2.13. The molecule has 0 bridgehead atoms. The molecule has 0 saturated carbocycles. The van der Waals surface area contributed by atoms with Crippen molar-refractivity contribution in [1.82, 2.24) is 0 Å². The Morgan fingerprint density at radius 2 is 1.93 bits per heavy atom. The van der Waals surface area contributed by atoms with Crippen molar-refractivity contribution < 1.29 is 27.6 Å². The van der Waals surface area contributed by atoms with Crippen molar-refractivity contribution in [3.05, 3.63) is 48.3 Å². The first kappa shape index (κ1) is 19.2.